The van der Waals surface area contributed by atoms with Crippen molar-refractivity contribution in [1.82, 2.24) is 14.9 Å². The smallest absolute Gasteiger partial charge is 0.417 e. The minimum Gasteiger partial charge on any atom is -0.417 e. The number of anilines is 4. The fourth-order valence-corrected chi connectivity index (χ4v) is 6.14. The molecule has 2 aliphatic heterocycles. The molecule has 2 aromatic heterocycles. The highest BCUT2D eigenvalue weighted by Crippen LogP contribution is 2.37. The van der Waals surface area contributed by atoms with Crippen LogP contribution < -0.4 is 20.4 Å². The Hall–Kier alpha value is -5.28. The third kappa shape index (κ3) is 7.95. The van der Waals surface area contributed by atoms with Crippen LogP contribution >= 0.6 is 0 Å². The van der Waals surface area contributed by atoms with Crippen LogP contribution in [0.5, 0.6) is 0 Å². The first-order valence-corrected chi connectivity index (χ1v) is 16.0. The zero-order valence-electron chi connectivity index (χ0n) is 26.6. The van der Waals surface area contributed by atoms with Crippen molar-refractivity contribution in [3.8, 4) is 0 Å². The molecule has 16 heteroatoms. The quantitative estimate of drug-likeness (QED) is 0.201. The predicted molar refractivity (Wildman–Crippen MR) is 173 cm³/mol. The second-order valence-electron chi connectivity index (χ2n) is 12.0. The van der Waals surface area contributed by atoms with Crippen LogP contribution in [0.1, 0.15) is 52.6 Å². The Balaban J connectivity index is 1.07. The maximum absolute atomic E-state index is 13.9. The van der Waals surface area contributed by atoms with Gasteiger partial charge in [-0.2, -0.15) is 31.3 Å². The number of amides is 3. The number of piperidine rings is 1. The minimum absolute atomic E-state index is 0.118. The number of carbonyl (C=O) groups is 2. The highest BCUT2D eigenvalue weighted by atomic mass is 19.4. The van der Waals surface area contributed by atoms with Gasteiger partial charge in [-0.25, -0.2) is 9.78 Å². The van der Waals surface area contributed by atoms with Crippen LogP contribution in [0.3, 0.4) is 0 Å². The first-order valence-electron chi connectivity index (χ1n) is 16.0. The molecule has 6 rings (SSSR count). The molecule has 3 amide bonds. The number of aromatic nitrogens is 2. The number of nitrogens with one attached hydrogen (secondary N) is 2. The van der Waals surface area contributed by atoms with Gasteiger partial charge in [-0.05, 0) is 55.0 Å². The number of benzene rings is 2. The Morgan fingerprint density at radius 3 is 2.16 bits per heavy atom. The summed E-state index contributed by atoms with van der Waals surface area (Å²) in [4.78, 5) is 38.8. The van der Waals surface area contributed by atoms with Gasteiger partial charge in [0.05, 0.1) is 23.1 Å². The normalized spacial score (nSPS) is 16.2. The van der Waals surface area contributed by atoms with E-state index in [1.807, 2.05) is 35.2 Å². The molecule has 0 radical (unpaired) electrons. The number of carbonyl (C=O) groups excluding carboxylic acids is 2. The molecule has 4 aromatic rings. The lowest BCUT2D eigenvalue weighted by molar-refractivity contribution is -0.141. The van der Waals surface area contributed by atoms with Crippen molar-refractivity contribution in [3.05, 3.63) is 95.5 Å². The third-order valence-corrected chi connectivity index (χ3v) is 8.71. The summed E-state index contributed by atoms with van der Waals surface area (Å²) >= 11 is 0. The van der Waals surface area contributed by atoms with Gasteiger partial charge in [-0.3, -0.25) is 4.79 Å². The number of urea groups is 1. The molecule has 2 N–H and O–H groups in total. The van der Waals surface area contributed by atoms with Crippen LogP contribution in [-0.2, 0) is 12.4 Å². The van der Waals surface area contributed by atoms with E-state index in [1.165, 1.54) is 35.4 Å². The molecule has 0 spiro atoms. The van der Waals surface area contributed by atoms with Gasteiger partial charge in [0, 0.05) is 39.3 Å². The van der Waals surface area contributed by atoms with E-state index >= 15 is 0 Å². The van der Waals surface area contributed by atoms with E-state index in [-0.39, 0.29) is 36.4 Å². The molecule has 2 saturated heterocycles. The van der Waals surface area contributed by atoms with E-state index in [9.17, 15) is 35.9 Å². The Morgan fingerprint density at radius 2 is 1.48 bits per heavy atom. The summed E-state index contributed by atoms with van der Waals surface area (Å²) in [6.45, 7) is 2.09. The number of oxazole rings is 1. The van der Waals surface area contributed by atoms with Crippen molar-refractivity contribution >= 4 is 35.1 Å². The second-order valence-corrected chi connectivity index (χ2v) is 12.0. The van der Waals surface area contributed by atoms with Crippen molar-refractivity contribution in [1.29, 1.82) is 0 Å². The van der Waals surface area contributed by atoms with E-state index in [1.54, 1.807) is 11.0 Å². The molecule has 0 unspecified atom stereocenters. The molecule has 2 fully saturated rings. The van der Waals surface area contributed by atoms with E-state index in [4.69, 9.17) is 4.42 Å². The molecule has 264 valence electrons. The first kappa shape index (κ1) is 34.6. The number of pyridine rings is 1. The predicted octanol–water partition coefficient (Wildman–Crippen LogP) is 7.49. The average molecular weight is 702 g/mol. The largest absolute Gasteiger partial charge is 0.437 e. The summed E-state index contributed by atoms with van der Waals surface area (Å²) < 4.78 is 87.4. The molecule has 10 nitrogen and oxygen atoms in total. The van der Waals surface area contributed by atoms with Crippen LogP contribution in [-0.4, -0.2) is 66.1 Å². The molecular weight excluding hydrogens is 668 g/mol. The molecule has 50 heavy (non-hydrogen) atoms. The zero-order chi connectivity index (χ0) is 35.5. The summed E-state index contributed by atoms with van der Waals surface area (Å²) in [6.07, 6.45) is -6.41. The Kier molecular flexibility index (Phi) is 9.88. The molecule has 0 bridgehead atoms. The van der Waals surface area contributed by atoms with E-state index in [2.05, 4.69) is 20.6 Å². The number of alkyl halides is 6. The summed E-state index contributed by atoms with van der Waals surface area (Å²) in [5, 5.41) is 4.76. The van der Waals surface area contributed by atoms with E-state index in [0.717, 1.165) is 11.6 Å². The van der Waals surface area contributed by atoms with E-state index < -0.39 is 41.3 Å². The van der Waals surface area contributed by atoms with Crippen molar-refractivity contribution in [3.63, 3.8) is 0 Å². The van der Waals surface area contributed by atoms with Gasteiger partial charge >= 0.3 is 18.4 Å². The fraction of sp³-hybridized carbons (Fsp3) is 0.353. The summed E-state index contributed by atoms with van der Waals surface area (Å²) in [6, 6.07) is 16.7. The van der Waals surface area contributed by atoms with Crippen LogP contribution in [0.15, 0.2) is 77.3 Å². The second kappa shape index (κ2) is 14.3. The topological polar surface area (TPSA) is 107 Å². The van der Waals surface area contributed by atoms with Gasteiger partial charge in [0.25, 0.3) is 11.9 Å². The molecule has 2 aliphatic rings. The Bertz CT molecular complexity index is 1790. The van der Waals surface area contributed by atoms with Gasteiger partial charge in [0.15, 0.2) is 5.69 Å². The molecule has 4 heterocycles. The number of hydrogen-bond acceptors (Lipinski definition) is 7. The van der Waals surface area contributed by atoms with Crippen LogP contribution in [0.2, 0.25) is 0 Å². The highest BCUT2D eigenvalue weighted by Gasteiger charge is 2.42. The molecular formula is C34H33F6N7O3. The Labute approximate surface area is 283 Å². The van der Waals surface area contributed by atoms with Crippen LogP contribution in [0, 0.1) is 0 Å². The van der Waals surface area contributed by atoms with Crippen molar-refractivity contribution in [2.24, 2.45) is 0 Å². The summed E-state index contributed by atoms with van der Waals surface area (Å²) in [5.41, 5.74) is -1.42. The summed E-state index contributed by atoms with van der Waals surface area (Å²) in [7, 11) is 0. The maximum atomic E-state index is 13.9. The number of para-hydroxylation sites is 1. The van der Waals surface area contributed by atoms with Crippen molar-refractivity contribution in [2.75, 3.05) is 59.7 Å². The lowest BCUT2D eigenvalue weighted by atomic mass is 9.90. The number of rotatable bonds is 6. The molecule has 0 atom stereocenters. The van der Waals surface area contributed by atoms with Gasteiger partial charge < -0.3 is 29.8 Å². The zero-order valence-corrected chi connectivity index (χ0v) is 26.6. The van der Waals surface area contributed by atoms with Crippen molar-refractivity contribution < 1.29 is 40.3 Å². The standard InChI is InChI=1S/C34H33F6N7O3/c35-33(36,37)25-9-4-5-10-26(25)43-31(49)46-16-6-15-45(19-20-46)27-12-11-24(21-41-27)42-30(48)28-29(34(38,39)40)44-32(50-28)47-17-13-23(14-18-47)22-7-2-1-3-8-22/h1-5,7-12,21,23H,6,13-20H2,(H,42,48)(H,43,49). The molecule has 0 saturated carbocycles. The van der Waals surface area contributed by atoms with Crippen molar-refractivity contribution in [2.45, 2.75) is 37.5 Å². The number of hydrogen-bond donors (Lipinski definition) is 2. The molecule has 0 aliphatic carbocycles. The third-order valence-electron chi connectivity index (χ3n) is 8.71. The maximum Gasteiger partial charge on any atom is 0.437 e. The van der Waals surface area contributed by atoms with Gasteiger partial charge in [-0.15, -0.1) is 0 Å². The average Bonchev–Trinajstić information content (AvgIpc) is 3.42. The first-order chi connectivity index (χ1) is 23.9. The van der Waals surface area contributed by atoms with Gasteiger partial charge in [0.1, 0.15) is 5.82 Å². The molecule has 2 aromatic carbocycles. The van der Waals surface area contributed by atoms with Gasteiger partial charge in [-0.1, -0.05) is 42.5 Å². The number of nitrogens with zero attached hydrogens (tertiary/aromatic N) is 5. The lowest BCUT2D eigenvalue weighted by Crippen LogP contribution is -2.38. The highest BCUT2D eigenvalue weighted by molar-refractivity contribution is 6.03. The van der Waals surface area contributed by atoms with Crippen LogP contribution in [0.4, 0.5) is 54.3 Å². The monoisotopic (exact) mass is 701 g/mol. The van der Waals surface area contributed by atoms with Gasteiger partial charge in [0.2, 0.25) is 5.76 Å². The lowest BCUT2D eigenvalue weighted by Gasteiger charge is -2.31. The van der Waals surface area contributed by atoms with Crippen LogP contribution in [0.25, 0.3) is 0 Å². The fourth-order valence-electron chi connectivity index (χ4n) is 6.14. The number of halogens is 6. The Morgan fingerprint density at radius 1 is 0.760 bits per heavy atom. The minimum atomic E-state index is -4.93. The SMILES string of the molecule is O=C(Nc1ccc(N2CCCN(C(=O)Nc3ccccc3C(F)(F)F)CC2)nc1)c1oc(N2CCC(c3ccccc3)CC2)nc1C(F)(F)F. The summed E-state index contributed by atoms with van der Waals surface area (Å²) in [5.74, 6) is -1.35. The van der Waals surface area contributed by atoms with E-state index in [0.29, 0.717) is 51.3 Å².